The van der Waals surface area contributed by atoms with Crippen molar-refractivity contribution in [2.24, 2.45) is 5.73 Å². The molecular weight excluding hydrogens is 226 g/mol. The zero-order valence-corrected chi connectivity index (χ0v) is 10.2. The zero-order chi connectivity index (χ0) is 11.3. The van der Waals surface area contributed by atoms with Crippen molar-refractivity contribution in [3.05, 3.63) is 35.4 Å². The Bertz CT molecular complexity index is 342. The van der Waals surface area contributed by atoms with Crippen molar-refractivity contribution in [3.63, 3.8) is 0 Å². The van der Waals surface area contributed by atoms with Crippen LogP contribution in [0.2, 0.25) is 0 Å². The first-order valence-corrected chi connectivity index (χ1v) is 5.11. The second-order valence-electron chi connectivity index (χ2n) is 3.82. The van der Waals surface area contributed by atoms with Crippen LogP contribution in [0.15, 0.2) is 24.3 Å². The highest BCUT2D eigenvalue weighted by molar-refractivity contribution is 5.85. The zero-order valence-electron chi connectivity index (χ0n) is 9.35. The molecule has 4 heteroatoms. The van der Waals surface area contributed by atoms with Crippen LogP contribution in [-0.4, -0.2) is 17.1 Å². The van der Waals surface area contributed by atoms with E-state index in [2.05, 4.69) is 19.1 Å². The monoisotopic (exact) mass is 243 g/mol. The third kappa shape index (κ3) is 5.14. The molecule has 1 atom stereocenters. The molecule has 0 aliphatic carbocycles. The molecule has 0 saturated heterocycles. The fraction of sp³-hybridized carbons (Fsp3) is 0.417. The van der Waals surface area contributed by atoms with E-state index in [1.165, 1.54) is 11.1 Å². The molecule has 0 spiro atoms. The Morgan fingerprint density at radius 3 is 2.62 bits per heavy atom. The van der Waals surface area contributed by atoms with Gasteiger partial charge in [0.15, 0.2) is 0 Å². The average molecular weight is 244 g/mol. The number of hydrogen-bond donors (Lipinski definition) is 2. The molecule has 1 aromatic rings. The Kier molecular flexibility index (Phi) is 6.77. The molecule has 0 radical (unpaired) electrons. The first-order valence-electron chi connectivity index (χ1n) is 5.11. The van der Waals surface area contributed by atoms with Crippen molar-refractivity contribution < 1.29 is 9.90 Å². The molecule has 0 fully saturated rings. The second-order valence-corrected chi connectivity index (χ2v) is 3.82. The SMILES string of the molecule is Cc1ccccc1CC[C@H](N)CC(=O)O.Cl. The van der Waals surface area contributed by atoms with E-state index in [-0.39, 0.29) is 24.9 Å². The van der Waals surface area contributed by atoms with Crippen LogP contribution >= 0.6 is 12.4 Å². The lowest BCUT2D eigenvalue weighted by molar-refractivity contribution is -0.137. The van der Waals surface area contributed by atoms with Crippen LogP contribution in [0.4, 0.5) is 0 Å². The van der Waals surface area contributed by atoms with Gasteiger partial charge < -0.3 is 10.8 Å². The fourth-order valence-electron chi connectivity index (χ4n) is 1.56. The largest absolute Gasteiger partial charge is 0.481 e. The maximum absolute atomic E-state index is 10.4. The van der Waals surface area contributed by atoms with Crippen molar-refractivity contribution in [2.45, 2.75) is 32.2 Å². The molecular formula is C12H18ClNO2. The van der Waals surface area contributed by atoms with Gasteiger partial charge in [-0.3, -0.25) is 4.79 Å². The van der Waals surface area contributed by atoms with Crippen LogP contribution in [0.1, 0.15) is 24.0 Å². The van der Waals surface area contributed by atoms with E-state index < -0.39 is 5.97 Å². The highest BCUT2D eigenvalue weighted by atomic mass is 35.5. The summed E-state index contributed by atoms with van der Waals surface area (Å²) in [6.07, 6.45) is 1.62. The van der Waals surface area contributed by atoms with Gasteiger partial charge in [-0.2, -0.15) is 0 Å². The predicted octanol–water partition coefficient (Wildman–Crippen LogP) is 2.15. The molecule has 3 N–H and O–H groups in total. The van der Waals surface area contributed by atoms with Gasteiger partial charge in [-0.25, -0.2) is 0 Å². The number of hydrogen-bond acceptors (Lipinski definition) is 2. The molecule has 1 aromatic carbocycles. The van der Waals surface area contributed by atoms with E-state index in [9.17, 15) is 4.79 Å². The standard InChI is InChI=1S/C12H17NO2.ClH/c1-9-4-2-3-5-10(9)6-7-11(13)8-12(14)15;/h2-5,11H,6-8,13H2,1H3,(H,14,15);1H/t11-;/m0./s1. The number of rotatable bonds is 5. The van der Waals surface area contributed by atoms with Gasteiger partial charge in [0.05, 0.1) is 6.42 Å². The highest BCUT2D eigenvalue weighted by Gasteiger charge is 2.08. The number of nitrogens with two attached hydrogens (primary N) is 1. The van der Waals surface area contributed by atoms with Gasteiger partial charge in [-0.15, -0.1) is 12.4 Å². The van der Waals surface area contributed by atoms with E-state index >= 15 is 0 Å². The second kappa shape index (κ2) is 7.25. The van der Waals surface area contributed by atoms with E-state index in [4.69, 9.17) is 10.8 Å². The summed E-state index contributed by atoms with van der Waals surface area (Å²) in [5, 5.41) is 8.56. The topological polar surface area (TPSA) is 63.3 Å². The van der Waals surface area contributed by atoms with Gasteiger partial charge in [-0.05, 0) is 30.9 Å². The number of aliphatic carboxylic acids is 1. The molecule has 3 nitrogen and oxygen atoms in total. The smallest absolute Gasteiger partial charge is 0.304 e. The maximum Gasteiger partial charge on any atom is 0.304 e. The van der Waals surface area contributed by atoms with Gasteiger partial charge in [-0.1, -0.05) is 24.3 Å². The summed E-state index contributed by atoms with van der Waals surface area (Å²) in [5.74, 6) is -0.827. The minimum atomic E-state index is -0.827. The van der Waals surface area contributed by atoms with Gasteiger partial charge in [0.1, 0.15) is 0 Å². The van der Waals surface area contributed by atoms with Gasteiger partial charge in [0.25, 0.3) is 0 Å². The Labute approximate surface area is 102 Å². The van der Waals surface area contributed by atoms with Crippen molar-refractivity contribution >= 4 is 18.4 Å². The lowest BCUT2D eigenvalue weighted by Crippen LogP contribution is -2.24. The van der Waals surface area contributed by atoms with Crippen LogP contribution in [0.5, 0.6) is 0 Å². The normalized spacial score (nSPS) is 11.6. The van der Waals surface area contributed by atoms with Crippen molar-refractivity contribution in [1.82, 2.24) is 0 Å². The quantitative estimate of drug-likeness (QED) is 0.833. The number of benzene rings is 1. The fourth-order valence-corrected chi connectivity index (χ4v) is 1.56. The van der Waals surface area contributed by atoms with Crippen molar-refractivity contribution in [3.8, 4) is 0 Å². The summed E-state index contributed by atoms with van der Waals surface area (Å²) < 4.78 is 0. The summed E-state index contributed by atoms with van der Waals surface area (Å²) in [4.78, 5) is 10.4. The number of carbonyl (C=O) groups is 1. The lowest BCUT2D eigenvalue weighted by Gasteiger charge is -2.10. The predicted molar refractivity (Wildman–Crippen MR) is 67.0 cm³/mol. The van der Waals surface area contributed by atoms with E-state index in [0.717, 1.165) is 12.8 Å². The maximum atomic E-state index is 10.4. The van der Waals surface area contributed by atoms with E-state index in [1.54, 1.807) is 0 Å². The third-order valence-corrected chi connectivity index (χ3v) is 2.48. The molecule has 90 valence electrons. The summed E-state index contributed by atoms with van der Waals surface area (Å²) in [5.41, 5.74) is 8.18. The molecule has 0 amide bonds. The van der Waals surface area contributed by atoms with Crippen LogP contribution in [0.25, 0.3) is 0 Å². The molecule has 1 rings (SSSR count). The third-order valence-electron chi connectivity index (χ3n) is 2.48. The van der Waals surface area contributed by atoms with Crippen molar-refractivity contribution in [1.29, 1.82) is 0 Å². The molecule has 0 aliphatic heterocycles. The Hall–Kier alpha value is -1.06. The molecule has 0 unspecified atom stereocenters. The average Bonchev–Trinajstić information content (AvgIpc) is 2.15. The number of carboxylic acid groups (broad SMARTS) is 1. The Morgan fingerprint density at radius 2 is 2.06 bits per heavy atom. The minimum absolute atomic E-state index is 0. The first kappa shape index (κ1) is 14.9. The van der Waals surface area contributed by atoms with Gasteiger partial charge in [0.2, 0.25) is 0 Å². The molecule has 0 bridgehead atoms. The van der Waals surface area contributed by atoms with Crippen LogP contribution in [0, 0.1) is 6.92 Å². The number of aryl methyl sites for hydroxylation is 2. The number of carboxylic acids is 1. The summed E-state index contributed by atoms with van der Waals surface area (Å²) in [7, 11) is 0. The molecule has 0 aromatic heterocycles. The minimum Gasteiger partial charge on any atom is -0.481 e. The molecule has 0 heterocycles. The number of halogens is 1. The van der Waals surface area contributed by atoms with E-state index in [1.807, 2.05) is 12.1 Å². The summed E-state index contributed by atoms with van der Waals surface area (Å²) in [6, 6.07) is 7.85. The van der Waals surface area contributed by atoms with Crippen LogP contribution < -0.4 is 5.73 Å². The van der Waals surface area contributed by atoms with Crippen LogP contribution in [-0.2, 0) is 11.2 Å². The molecule has 0 aliphatic rings. The van der Waals surface area contributed by atoms with Gasteiger partial charge in [0, 0.05) is 6.04 Å². The Balaban J connectivity index is 0.00000225. The molecule has 0 saturated carbocycles. The Morgan fingerprint density at radius 1 is 1.44 bits per heavy atom. The first-order chi connectivity index (χ1) is 7.09. The molecule has 16 heavy (non-hydrogen) atoms. The van der Waals surface area contributed by atoms with E-state index in [0.29, 0.717) is 0 Å². The lowest BCUT2D eigenvalue weighted by atomic mass is 10.0. The summed E-state index contributed by atoms with van der Waals surface area (Å²) in [6.45, 7) is 2.05. The van der Waals surface area contributed by atoms with Crippen LogP contribution in [0.3, 0.4) is 0 Å². The highest BCUT2D eigenvalue weighted by Crippen LogP contribution is 2.11. The van der Waals surface area contributed by atoms with Crippen molar-refractivity contribution in [2.75, 3.05) is 0 Å². The van der Waals surface area contributed by atoms with Gasteiger partial charge >= 0.3 is 5.97 Å². The summed E-state index contributed by atoms with van der Waals surface area (Å²) >= 11 is 0.